The van der Waals surface area contributed by atoms with Crippen molar-refractivity contribution in [3.63, 3.8) is 0 Å². The monoisotopic (exact) mass is 239 g/mol. The highest BCUT2D eigenvalue weighted by Crippen LogP contribution is 2.41. The Hall–Kier alpha value is -1.52. The molecule has 2 unspecified atom stereocenters. The largest absolute Gasteiger partial charge is 0.480 e. The number of carboxylic acids is 1. The van der Waals surface area contributed by atoms with Gasteiger partial charge in [0, 0.05) is 0 Å². The summed E-state index contributed by atoms with van der Waals surface area (Å²) < 4.78 is 4.46. The van der Waals surface area contributed by atoms with Crippen LogP contribution in [-0.4, -0.2) is 30.3 Å². The minimum atomic E-state index is -0.985. The normalized spacial score (nSPS) is 31.9. The van der Waals surface area contributed by atoms with Crippen molar-refractivity contribution in [2.45, 2.75) is 25.3 Å². The number of fused-ring (bicyclic) bond motifs is 2. The van der Waals surface area contributed by atoms with Gasteiger partial charge in [-0.05, 0) is 37.0 Å². The summed E-state index contributed by atoms with van der Waals surface area (Å²) in [6, 6.07) is -0.840. The number of ether oxygens (including phenoxy) is 1. The van der Waals surface area contributed by atoms with Gasteiger partial charge in [-0.15, -0.1) is 0 Å². The lowest BCUT2D eigenvalue weighted by molar-refractivity contribution is -0.141. The maximum atomic E-state index is 11.2. The molecule has 1 fully saturated rings. The summed E-state index contributed by atoms with van der Waals surface area (Å²) in [6.45, 7) is 0. The van der Waals surface area contributed by atoms with Gasteiger partial charge in [-0.3, -0.25) is 0 Å². The third-order valence-corrected chi connectivity index (χ3v) is 3.67. The SMILES string of the molecule is COC(=O)NC(C(=O)O)C1C[C@H]2C=C[C@@H](C1)C2. The molecule has 1 saturated carbocycles. The fourth-order valence-electron chi connectivity index (χ4n) is 2.92. The molecule has 0 aromatic heterocycles. The molecular weight excluding hydrogens is 222 g/mol. The van der Waals surface area contributed by atoms with Crippen molar-refractivity contribution in [2.75, 3.05) is 7.11 Å². The zero-order chi connectivity index (χ0) is 12.4. The Balaban J connectivity index is 2.01. The van der Waals surface area contributed by atoms with Crippen LogP contribution < -0.4 is 5.32 Å². The van der Waals surface area contributed by atoms with E-state index in [0.29, 0.717) is 11.8 Å². The van der Waals surface area contributed by atoms with E-state index in [9.17, 15) is 14.7 Å². The molecule has 0 aliphatic heterocycles. The van der Waals surface area contributed by atoms with Gasteiger partial charge in [-0.2, -0.15) is 0 Å². The number of amides is 1. The fraction of sp³-hybridized carbons (Fsp3) is 0.667. The van der Waals surface area contributed by atoms with Crippen molar-refractivity contribution < 1.29 is 19.4 Å². The second kappa shape index (κ2) is 4.77. The summed E-state index contributed by atoms with van der Waals surface area (Å²) in [4.78, 5) is 22.3. The molecule has 2 aliphatic carbocycles. The first kappa shape index (κ1) is 12.0. The van der Waals surface area contributed by atoms with Gasteiger partial charge in [0.15, 0.2) is 0 Å². The molecular formula is C12H17NO4. The number of nitrogens with one attached hydrogen (secondary N) is 1. The molecule has 17 heavy (non-hydrogen) atoms. The van der Waals surface area contributed by atoms with Crippen LogP contribution in [0.25, 0.3) is 0 Å². The van der Waals surface area contributed by atoms with E-state index in [4.69, 9.17) is 0 Å². The van der Waals surface area contributed by atoms with E-state index >= 15 is 0 Å². The lowest BCUT2D eigenvalue weighted by Gasteiger charge is -2.31. The van der Waals surface area contributed by atoms with Gasteiger partial charge in [0.05, 0.1) is 7.11 Å². The van der Waals surface area contributed by atoms with Crippen molar-refractivity contribution in [1.82, 2.24) is 5.32 Å². The van der Waals surface area contributed by atoms with E-state index in [1.807, 2.05) is 0 Å². The summed E-state index contributed by atoms with van der Waals surface area (Å²) in [5.41, 5.74) is 0. The first-order chi connectivity index (χ1) is 8.10. The van der Waals surface area contributed by atoms with Gasteiger partial charge in [0.2, 0.25) is 0 Å². The van der Waals surface area contributed by atoms with Crippen molar-refractivity contribution >= 4 is 12.1 Å². The molecule has 2 bridgehead atoms. The maximum Gasteiger partial charge on any atom is 0.407 e. The predicted molar refractivity (Wildman–Crippen MR) is 60.4 cm³/mol. The van der Waals surface area contributed by atoms with Crippen LogP contribution in [0.1, 0.15) is 19.3 Å². The van der Waals surface area contributed by atoms with Crippen LogP contribution in [0.2, 0.25) is 0 Å². The zero-order valence-corrected chi connectivity index (χ0v) is 9.76. The smallest absolute Gasteiger partial charge is 0.407 e. The van der Waals surface area contributed by atoms with Gasteiger partial charge < -0.3 is 15.2 Å². The number of aliphatic carboxylic acids is 1. The summed E-state index contributed by atoms with van der Waals surface area (Å²) in [5.74, 6) is -0.0489. The average molecular weight is 239 g/mol. The Labute approximate surface area is 99.8 Å². The molecule has 1 amide bonds. The Morgan fingerprint density at radius 1 is 1.29 bits per heavy atom. The molecule has 94 valence electrons. The minimum Gasteiger partial charge on any atom is -0.480 e. The molecule has 0 saturated heterocycles. The van der Waals surface area contributed by atoms with Crippen LogP contribution in [0.4, 0.5) is 4.79 Å². The first-order valence-corrected chi connectivity index (χ1v) is 5.85. The van der Waals surface area contributed by atoms with E-state index in [-0.39, 0.29) is 5.92 Å². The Morgan fingerprint density at radius 3 is 2.35 bits per heavy atom. The molecule has 4 atom stereocenters. The van der Waals surface area contributed by atoms with Crippen LogP contribution in [-0.2, 0) is 9.53 Å². The predicted octanol–water partition coefficient (Wildman–Crippen LogP) is 1.40. The Bertz CT molecular complexity index is 338. The Kier molecular flexibility index (Phi) is 3.36. The summed E-state index contributed by atoms with van der Waals surface area (Å²) in [7, 11) is 1.24. The Morgan fingerprint density at radius 2 is 1.88 bits per heavy atom. The number of hydrogen-bond acceptors (Lipinski definition) is 3. The van der Waals surface area contributed by atoms with Gasteiger partial charge in [-0.1, -0.05) is 12.2 Å². The van der Waals surface area contributed by atoms with E-state index in [0.717, 1.165) is 19.3 Å². The molecule has 2 aliphatic rings. The summed E-state index contributed by atoms with van der Waals surface area (Å²) in [6.07, 6.45) is 6.44. The molecule has 5 heteroatoms. The number of carbonyl (C=O) groups excluding carboxylic acids is 1. The van der Waals surface area contributed by atoms with Crippen LogP contribution in [0.15, 0.2) is 12.2 Å². The highest BCUT2D eigenvalue weighted by molar-refractivity contribution is 5.80. The van der Waals surface area contributed by atoms with Gasteiger partial charge in [0.25, 0.3) is 0 Å². The lowest BCUT2D eigenvalue weighted by atomic mass is 9.76. The number of hydrogen-bond donors (Lipinski definition) is 2. The van der Waals surface area contributed by atoms with Crippen molar-refractivity contribution in [1.29, 1.82) is 0 Å². The summed E-state index contributed by atoms with van der Waals surface area (Å²) >= 11 is 0. The van der Waals surface area contributed by atoms with Crippen LogP contribution in [0.3, 0.4) is 0 Å². The van der Waals surface area contributed by atoms with Gasteiger partial charge >= 0.3 is 12.1 Å². The second-order valence-electron chi connectivity index (χ2n) is 4.82. The minimum absolute atomic E-state index is 0.00894. The molecule has 0 aromatic rings. The quantitative estimate of drug-likeness (QED) is 0.730. The van der Waals surface area contributed by atoms with E-state index in [1.54, 1.807) is 0 Å². The highest BCUT2D eigenvalue weighted by Gasteiger charge is 2.38. The molecule has 5 nitrogen and oxygen atoms in total. The highest BCUT2D eigenvalue weighted by atomic mass is 16.5. The van der Waals surface area contributed by atoms with E-state index in [2.05, 4.69) is 22.2 Å². The van der Waals surface area contributed by atoms with E-state index in [1.165, 1.54) is 7.11 Å². The molecule has 0 aromatic carbocycles. The third kappa shape index (κ3) is 2.60. The van der Waals surface area contributed by atoms with E-state index < -0.39 is 18.1 Å². The second-order valence-corrected chi connectivity index (χ2v) is 4.82. The molecule has 2 rings (SSSR count). The number of rotatable bonds is 3. The van der Waals surface area contributed by atoms with Gasteiger partial charge in [-0.25, -0.2) is 9.59 Å². The molecule has 0 heterocycles. The van der Waals surface area contributed by atoms with Crippen LogP contribution >= 0.6 is 0 Å². The first-order valence-electron chi connectivity index (χ1n) is 5.85. The maximum absolute atomic E-state index is 11.2. The van der Waals surface area contributed by atoms with Crippen LogP contribution in [0, 0.1) is 17.8 Å². The van der Waals surface area contributed by atoms with Crippen molar-refractivity contribution in [3.8, 4) is 0 Å². The summed E-state index contributed by atoms with van der Waals surface area (Å²) in [5, 5.41) is 11.6. The lowest BCUT2D eigenvalue weighted by Crippen LogP contribution is -2.47. The standard InChI is InChI=1S/C12H17NO4/c1-17-12(16)13-10(11(14)15)9-5-7-2-3-8(4-7)6-9/h2-3,7-10H,4-6H2,1H3,(H,13,16)(H,14,15)/t7-,8+,9?,10?. The van der Waals surface area contributed by atoms with Crippen molar-refractivity contribution in [2.24, 2.45) is 17.8 Å². The number of allylic oxidation sites excluding steroid dienone is 2. The number of methoxy groups -OCH3 is 1. The number of alkyl carbamates (subject to hydrolysis) is 1. The number of carbonyl (C=O) groups is 2. The topological polar surface area (TPSA) is 75.6 Å². The fourth-order valence-corrected chi connectivity index (χ4v) is 2.92. The molecule has 2 N–H and O–H groups in total. The van der Waals surface area contributed by atoms with Gasteiger partial charge in [0.1, 0.15) is 6.04 Å². The molecule has 0 spiro atoms. The molecule has 0 radical (unpaired) electrons. The third-order valence-electron chi connectivity index (χ3n) is 3.67. The zero-order valence-electron chi connectivity index (χ0n) is 9.76. The average Bonchev–Trinajstić information content (AvgIpc) is 2.64. The van der Waals surface area contributed by atoms with Crippen molar-refractivity contribution in [3.05, 3.63) is 12.2 Å². The number of carboxylic acid groups (broad SMARTS) is 1. The van der Waals surface area contributed by atoms with Crippen LogP contribution in [0.5, 0.6) is 0 Å².